The van der Waals surface area contributed by atoms with Gasteiger partial charge in [-0.25, -0.2) is 0 Å². The van der Waals surface area contributed by atoms with Gasteiger partial charge in [0, 0.05) is 5.41 Å². The van der Waals surface area contributed by atoms with Gasteiger partial charge in [-0.3, -0.25) is 9.59 Å². The maximum Gasteiger partial charge on any atom is 0.315 e. The van der Waals surface area contributed by atoms with Crippen molar-refractivity contribution in [1.29, 1.82) is 0 Å². The summed E-state index contributed by atoms with van der Waals surface area (Å²) in [6, 6.07) is 0. The Hall–Kier alpha value is -2.48. The summed E-state index contributed by atoms with van der Waals surface area (Å²) in [5, 5.41) is 209. The molecule has 38 atom stereocenters. The molecule has 0 spiro atoms. The zero-order valence-corrected chi connectivity index (χ0v) is 55.2. The molecule has 6 saturated heterocycles. The fraction of sp³-hybridized carbons (Fsp3) is 0.938. The molecule has 0 bridgehead atoms. The van der Waals surface area contributed by atoms with E-state index in [9.17, 15) is 102 Å². The molecule has 5 aliphatic carbocycles. The quantitative estimate of drug-likeness (QED) is 0.0389. The van der Waals surface area contributed by atoms with Crippen molar-refractivity contribution in [2.75, 3.05) is 33.0 Å². The predicted molar refractivity (Wildman–Crippen MR) is 318 cm³/mol. The van der Waals surface area contributed by atoms with Crippen LogP contribution in [0.3, 0.4) is 0 Å². The Morgan fingerprint density at radius 2 is 1.04 bits per heavy atom. The van der Waals surface area contributed by atoms with Crippen LogP contribution < -0.4 is 0 Å². The summed E-state index contributed by atoms with van der Waals surface area (Å²) in [5.74, 6) is -3.66. The van der Waals surface area contributed by atoms with Gasteiger partial charge >= 0.3 is 11.9 Å². The van der Waals surface area contributed by atoms with Gasteiger partial charge in [0.2, 0.25) is 6.29 Å². The van der Waals surface area contributed by atoms with Crippen LogP contribution in [0.15, 0.2) is 11.6 Å². The molecular formula is C64H102O33. The Kier molecular flexibility index (Phi) is 22.0. The summed E-state index contributed by atoms with van der Waals surface area (Å²) in [5.41, 5.74) is -5.37. The smallest absolute Gasteiger partial charge is 0.315 e. The van der Waals surface area contributed by atoms with E-state index >= 15 is 4.79 Å². The van der Waals surface area contributed by atoms with Crippen molar-refractivity contribution in [1.82, 2.24) is 0 Å². The monoisotopic (exact) mass is 1400 g/mol. The van der Waals surface area contributed by atoms with Crippen LogP contribution >= 0.6 is 0 Å². The van der Waals surface area contributed by atoms with Crippen molar-refractivity contribution in [2.45, 2.75) is 290 Å². The molecule has 11 rings (SSSR count). The third-order valence-electron chi connectivity index (χ3n) is 24.8. The standard InChI is InChI=1S/C64H102O33/c1-23-34(70)40(76)49(95-53-45(81)41(77)47(24(2)89-53)93-52-46(82)48(94-51-42(78)35(71)28(69)20-86-51)31(21-87-52)92-54-43(79)38(74)36(72)29(18-65)90-54)56(88-23)97-58(85)63-13-12-59(3,4)16-26(63)25-8-9-32-60(5)17-27(68)50(96-55-44(80)39(75)37(73)30(19-66)91-55)62(7,57(83)84)33(60)10-11-61(32,6)64(25,22-67)15-14-63/h8,23-24,26-56,65-82H,9-22H2,1-7H3,(H,83,84)/t23-,24+,26-,27-,28-,29+,30+,31+,32+,33+,34+,35-,36-,37+,38-,39-,40+,41+,42+,43+,44+,45-,46+,47+,48-,49-,50-,51-,52-,53+,54-,55-,56+,60+,61+,62-,63-,64-/m0/s1. The minimum atomic E-state index is -2.08. The fourth-order valence-electron chi connectivity index (χ4n) is 19.0. The summed E-state index contributed by atoms with van der Waals surface area (Å²) in [7, 11) is 0. The molecule has 4 saturated carbocycles. The SMILES string of the molecule is C[C@@H]1O[C@H](OC(=O)[C@]23CCC(C)(C)C[C@H]2C2=CC[C@@H]4[C@@]5(C)C[C@H](O)[C@H](O[C@@H]6O[C@H](CO)[C@@H](O)[C@H](O)[C@H]6O)[C@@](C)(C(=O)O)[C@@H]5CC[C@@]4(C)[C@]2(CO)CC3)[C@@H](O[C@H]2O[C@H](C)[C@@H](O[C@@H]3OC[C@@H](O[C@@H]4O[C@H](CO)[C@H](O)[C@H](O)[C@H]4O)[C@H](O[C@@H]4OC[C@H](O)[C@H](O)[C@H]4O)[C@H]3O)[C@H](O)[C@@H]2O)[C@H](O)[C@@H]1O. The molecule has 0 amide bonds. The van der Waals surface area contributed by atoms with Crippen LogP contribution in [-0.2, 0) is 66.4 Å². The molecule has 97 heavy (non-hydrogen) atoms. The first kappa shape index (κ1) is 75.7. The van der Waals surface area contributed by atoms with Crippen LogP contribution in [0.5, 0.6) is 0 Å². The van der Waals surface area contributed by atoms with Crippen molar-refractivity contribution >= 4 is 11.9 Å². The minimum Gasteiger partial charge on any atom is -0.481 e. The van der Waals surface area contributed by atoms with Crippen molar-refractivity contribution < 1.29 is 163 Å². The molecule has 10 fully saturated rings. The number of rotatable bonds is 16. The predicted octanol–water partition coefficient (Wildman–Crippen LogP) is -6.05. The van der Waals surface area contributed by atoms with Crippen LogP contribution in [0, 0.1) is 50.2 Å². The summed E-state index contributed by atoms with van der Waals surface area (Å²) in [4.78, 5) is 29.5. The number of ether oxygens (including phenoxy) is 12. The molecule has 0 aromatic rings. The van der Waals surface area contributed by atoms with E-state index in [2.05, 4.69) is 26.8 Å². The van der Waals surface area contributed by atoms with Crippen LogP contribution in [0.2, 0.25) is 0 Å². The molecule has 0 radical (unpaired) electrons. The number of hydrogen-bond donors (Lipinski definition) is 19. The van der Waals surface area contributed by atoms with Gasteiger partial charge in [0.15, 0.2) is 37.6 Å². The molecule has 33 nitrogen and oxygen atoms in total. The van der Waals surface area contributed by atoms with Gasteiger partial charge in [-0.1, -0.05) is 39.3 Å². The van der Waals surface area contributed by atoms with E-state index < -0.39 is 262 Å². The van der Waals surface area contributed by atoms with Crippen LogP contribution in [0.1, 0.15) is 106 Å². The van der Waals surface area contributed by atoms with Gasteiger partial charge in [-0.2, -0.15) is 0 Å². The Bertz CT molecular complexity index is 2780. The lowest BCUT2D eigenvalue weighted by Gasteiger charge is -2.71. The number of esters is 1. The number of carboxylic acids is 1. The first-order valence-corrected chi connectivity index (χ1v) is 33.8. The fourth-order valence-corrected chi connectivity index (χ4v) is 19.0. The highest BCUT2D eigenvalue weighted by atomic mass is 16.8. The largest absolute Gasteiger partial charge is 0.481 e. The second-order valence-electron chi connectivity index (χ2n) is 30.8. The normalized spacial score (nSPS) is 54.6. The summed E-state index contributed by atoms with van der Waals surface area (Å²) < 4.78 is 71.3. The molecule has 0 aromatic carbocycles. The maximum atomic E-state index is 15.6. The minimum absolute atomic E-state index is 0.0123. The Labute approximate surface area is 559 Å². The number of aliphatic hydroxyl groups excluding tert-OH is 18. The number of carbonyl (C=O) groups excluding carboxylic acids is 1. The zero-order chi connectivity index (χ0) is 70.9. The molecular weight excluding hydrogens is 1300 g/mol. The average molecular weight is 1400 g/mol. The lowest BCUT2D eigenvalue weighted by Crippen LogP contribution is -2.71. The zero-order valence-electron chi connectivity index (χ0n) is 55.2. The maximum absolute atomic E-state index is 15.6. The number of fused-ring (bicyclic) bond motifs is 7. The third-order valence-corrected chi connectivity index (χ3v) is 24.8. The Balaban J connectivity index is 0.808. The molecule has 19 N–H and O–H groups in total. The average Bonchev–Trinajstić information content (AvgIpc) is 0.670. The summed E-state index contributed by atoms with van der Waals surface area (Å²) in [6.07, 6.45) is -46.8. The van der Waals surface area contributed by atoms with E-state index in [-0.39, 0.29) is 43.6 Å². The first-order chi connectivity index (χ1) is 45.5. The molecule has 6 heterocycles. The van der Waals surface area contributed by atoms with Crippen LogP contribution in [0.4, 0.5) is 0 Å². The van der Waals surface area contributed by atoms with Gasteiger partial charge in [0.25, 0.3) is 0 Å². The van der Waals surface area contributed by atoms with Crippen molar-refractivity contribution in [2.24, 2.45) is 50.2 Å². The van der Waals surface area contributed by atoms with Crippen molar-refractivity contribution in [3.8, 4) is 0 Å². The van der Waals surface area contributed by atoms with Gasteiger partial charge < -0.3 is 154 Å². The number of aliphatic hydroxyl groups is 18. The molecule has 6 aliphatic heterocycles. The molecule has 33 heteroatoms. The van der Waals surface area contributed by atoms with Crippen molar-refractivity contribution in [3.05, 3.63) is 11.6 Å². The highest BCUT2D eigenvalue weighted by Gasteiger charge is 2.74. The van der Waals surface area contributed by atoms with E-state index in [4.69, 9.17) is 56.8 Å². The number of carbonyl (C=O) groups is 2. The summed E-state index contributed by atoms with van der Waals surface area (Å²) >= 11 is 0. The number of aliphatic carboxylic acids is 1. The van der Waals surface area contributed by atoms with Gasteiger partial charge in [-0.05, 0) is 113 Å². The van der Waals surface area contributed by atoms with Crippen LogP contribution in [0.25, 0.3) is 0 Å². The highest BCUT2D eigenvalue weighted by molar-refractivity contribution is 5.79. The Morgan fingerprint density at radius 1 is 0.505 bits per heavy atom. The van der Waals surface area contributed by atoms with Gasteiger partial charge in [0.1, 0.15) is 122 Å². The van der Waals surface area contributed by atoms with E-state index in [0.29, 0.717) is 32.1 Å². The van der Waals surface area contributed by atoms with Crippen molar-refractivity contribution in [3.63, 3.8) is 0 Å². The second-order valence-corrected chi connectivity index (χ2v) is 30.8. The first-order valence-electron chi connectivity index (χ1n) is 33.8. The van der Waals surface area contributed by atoms with E-state index in [0.717, 1.165) is 5.57 Å². The number of carboxylic acid groups (broad SMARTS) is 1. The Morgan fingerprint density at radius 3 is 1.66 bits per heavy atom. The third kappa shape index (κ3) is 12.7. The van der Waals surface area contributed by atoms with Gasteiger partial charge in [0.05, 0.1) is 62.2 Å². The molecule has 11 aliphatic rings. The topological polar surface area (TPSA) is 529 Å². The molecule has 0 unspecified atom stereocenters. The van der Waals surface area contributed by atoms with E-state index in [1.54, 1.807) is 0 Å². The highest BCUT2D eigenvalue weighted by Crippen LogP contribution is 2.76. The lowest BCUT2D eigenvalue weighted by molar-refractivity contribution is -0.388. The molecule has 0 aromatic heterocycles. The van der Waals surface area contributed by atoms with E-state index in [1.165, 1.54) is 20.8 Å². The molecule has 556 valence electrons. The number of allylic oxidation sites excluding steroid dienone is 1. The number of hydrogen-bond acceptors (Lipinski definition) is 32. The lowest BCUT2D eigenvalue weighted by atomic mass is 9.33. The van der Waals surface area contributed by atoms with Gasteiger partial charge in [-0.15, -0.1) is 0 Å². The van der Waals surface area contributed by atoms with E-state index in [1.807, 2.05) is 6.92 Å². The summed E-state index contributed by atoms with van der Waals surface area (Å²) in [6.45, 7) is 9.40. The van der Waals surface area contributed by atoms with Crippen LogP contribution in [-0.4, -0.2) is 326 Å². The second kappa shape index (κ2) is 28.2.